The van der Waals surface area contributed by atoms with E-state index in [4.69, 9.17) is 26.9 Å². The number of nitrogens with zero attached hydrogens (tertiary/aromatic N) is 5. The van der Waals surface area contributed by atoms with Gasteiger partial charge < -0.3 is 25.2 Å². The molecule has 0 aromatic carbocycles. The summed E-state index contributed by atoms with van der Waals surface area (Å²) >= 11 is 5.52. The van der Waals surface area contributed by atoms with Gasteiger partial charge in [-0.1, -0.05) is 6.92 Å². The van der Waals surface area contributed by atoms with Crippen LogP contribution in [0.3, 0.4) is 0 Å². The van der Waals surface area contributed by atoms with Gasteiger partial charge >= 0.3 is 0 Å². The van der Waals surface area contributed by atoms with E-state index in [1.54, 1.807) is 0 Å². The van der Waals surface area contributed by atoms with E-state index < -0.39 is 0 Å². The van der Waals surface area contributed by atoms with Gasteiger partial charge in [0.1, 0.15) is 11.6 Å². The highest BCUT2D eigenvalue weighted by molar-refractivity contribution is 7.80. The van der Waals surface area contributed by atoms with Crippen LogP contribution in [0.4, 0.5) is 17.6 Å². The zero-order chi connectivity index (χ0) is 20.8. The molecule has 0 unspecified atom stereocenters. The molecule has 3 fully saturated rings. The Morgan fingerprint density at radius 3 is 2.33 bits per heavy atom. The number of ether oxygens (including phenoxy) is 1. The number of nitrogens with one attached hydrogen (secondary N) is 2. The lowest BCUT2D eigenvalue weighted by molar-refractivity contribution is 0.0389. The Hall–Kier alpha value is -1.71. The van der Waals surface area contributed by atoms with Crippen LogP contribution in [0.25, 0.3) is 0 Å². The molecule has 3 aliphatic rings. The summed E-state index contributed by atoms with van der Waals surface area (Å²) in [5.41, 5.74) is 0. The smallest absolute Gasteiger partial charge is 0.232 e. The van der Waals surface area contributed by atoms with E-state index >= 15 is 0 Å². The molecule has 0 bridgehead atoms. The number of thiocarbonyl (C=S) groups is 1. The number of hydrogen-bond donors (Lipinski definition) is 2. The number of hydrogen-bond acceptors (Lipinski definition) is 7. The van der Waals surface area contributed by atoms with Crippen molar-refractivity contribution in [3.63, 3.8) is 0 Å². The van der Waals surface area contributed by atoms with Crippen molar-refractivity contribution in [2.45, 2.75) is 32.6 Å². The van der Waals surface area contributed by atoms with Gasteiger partial charge in [-0.3, -0.25) is 4.90 Å². The third-order valence-corrected chi connectivity index (χ3v) is 6.53. The number of rotatable bonds is 6. The first-order valence-electron chi connectivity index (χ1n) is 11.4. The fourth-order valence-electron chi connectivity index (χ4n) is 4.28. The summed E-state index contributed by atoms with van der Waals surface area (Å²) in [7, 11) is 0. The normalized spacial score (nSPS) is 21.1. The van der Waals surface area contributed by atoms with Crippen LogP contribution < -0.4 is 20.4 Å². The predicted molar refractivity (Wildman–Crippen MR) is 126 cm³/mol. The van der Waals surface area contributed by atoms with E-state index in [9.17, 15) is 0 Å². The average Bonchev–Trinajstić information content (AvgIpc) is 3.30. The maximum absolute atomic E-state index is 5.52. The first kappa shape index (κ1) is 21.5. The van der Waals surface area contributed by atoms with Crippen molar-refractivity contribution in [1.82, 2.24) is 20.2 Å². The van der Waals surface area contributed by atoms with Crippen molar-refractivity contribution in [3.05, 3.63) is 6.07 Å². The minimum Gasteiger partial charge on any atom is -0.379 e. The van der Waals surface area contributed by atoms with Gasteiger partial charge in [-0.25, -0.2) is 0 Å². The lowest BCUT2D eigenvalue weighted by Crippen LogP contribution is -2.42. The third-order valence-electron chi connectivity index (χ3n) is 6.28. The maximum atomic E-state index is 5.52. The first-order valence-corrected chi connectivity index (χ1v) is 11.8. The van der Waals surface area contributed by atoms with E-state index in [0.717, 1.165) is 83.1 Å². The summed E-state index contributed by atoms with van der Waals surface area (Å²) in [4.78, 5) is 16.7. The molecule has 0 amide bonds. The Balaban J connectivity index is 1.38. The van der Waals surface area contributed by atoms with Gasteiger partial charge in [-0.15, -0.1) is 0 Å². The van der Waals surface area contributed by atoms with Gasteiger partial charge in [0.05, 0.1) is 13.2 Å². The van der Waals surface area contributed by atoms with Gasteiger partial charge in [-0.05, 0) is 43.8 Å². The number of morpholine rings is 1. The van der Waals surface area contributed by atoms with Crippen molar-refractivity contribution in [3.8, 4) is 0 Å². The fourth-order valence-corrected chi connectivity index (χ4v) is 4.48. The zero-order valence-corrected chi connectivity index (χ0v) is 18.9. The van der Waals surface area contributed by atoms with Crippen molar-refractivity contribution in [2.24, 2.45) is 5.92 Å². The van der Waals surface area contributed by atoms with Crippen LogP contribution in [0, 0.1) is 5.92 Å². The third kappa shape index (κ3) is 5.92. The Kier molecular flexibility index (Phi) is 7.57. The molecule has 0 saturated carbocycles. The molecule has 8 nitrogen and oxygen atoms in total. The minimum atomic E-state index is 0.583. The molecule has 3 aliphatic heterocycles. The van der Waals surface area contributed by atoms with E-state index in [1.165, 1.54) is 25.7 Å². The molecule has 0 radical (unpaired) electrons. The van der Waals surface area contributed by atoms with Gasteiger partial charge in [0, 0.05) is 58.4 Å². The summed E-state index contributed by atoms with van der Waals surface area (Å²) in [5.74, 6) is 3.41. The average molecular weight is 434 g/mol. The molecule has 0 atom stereocenters. The van der Waals surface area contributed by atoms with E-state index in [2.05, 4.69) is 38.3 Å². The fraction of sp³-hybridized carbons (Fsp3) is 0.762. The molecule has 2 N–H and O–H groups in total. The molecular formula is C21H35N7OS. The number of aromatic nitrogens is 2. The first-order chi connectivity index (χ1) is 14.7. The second kappa shape index (κ2) is 10.5. The van der Waals surface area contributed by atoms with Crippen LogP contribution in [0.2, 0.25) is 0 Å². The summed E-state index contributed by atoms with van der Waals surface area (Å²) in [5, 5.41) is 7.12. The highest BCUT2D eigenvalue weighted by Crippen LogP contribution is 2.27. The molecule has 30 heavy (non-hydrogen) atoms. The molecule has 0 spiro atoms. The number of anilines is 3. The molecular weight excluding hydrogens is 398 g/mol. The van der Waals surface area contributed by atoms with Crippen molar-refractivity contribution >= 4 is 34.9 Å². The van der Waals surface area contributed by atoms with Crippen LogP contribution in [-0.2, 0) is 4.74 Å². The molecule has 1 aromatic rings. The van der Waals surface area contributed by atoms with Crippen LogP contribution in [-0.4, -0.2) is 85.6 Å². The van der Waals surface area contributed by atoms with Gasteiger partial charge in [-0.2, -0.15) is 9.97 Å². The Labute approximate surface area is 185 Å². The molecule has 166 valence electrons. The number of piperidine rings is 1. The molecule has 9 heteroatoms. The van der Waals surface area contributed by atoms with Crippen molar-refractivity contribution in [2.75, 3.05) is 80.7 Å². The largest absolute Gasteiger partial charge is 0.379 e. The highest BCUT2D eigenvalue weighted by atomic mass is 32.1. The lowest BCUT2D eigenvalue weighted by atomic mass is 9.99. The molecule has 1 aromatic heterocycles. The van der Waals surface area contributed by atoms with E-state index in [0.29, 0.717) is 11.1 Å². The summed E-state index contributed by atoms with van der Waals surface area (Å²) < 4.78 is 5.40. The van der Waals surface area contributed by atoms with Crippen molar-refractivity contribution < 1.29 is 4.74 Å². The Bertz CT molecular complexity index is 699. The SMILES string of the molecule is CC1CCN(c2cc(N3CCCC3)nc(NC(=S)NCCN3CCOCC3)n2)CC1. The Morgan fingerprint density at radius 2 is 1.67 bits per heavy atom. The quantitative estimate of drug-likeness (QED) is 0.655. The van der Waals surface area contributed by atoms with Gasteiger partial charge in [0.25, 0.3) is 0 Å². The van der Waals surface area contributed by atoms with Gasteiger partial charge in [0.2, 0.25) is 5.95 Å². The summed E-state index contributed by atoms with van der Waals surface area (Å²) in [6.07, 6.45) is 4.89. The molecule has 4 heterocycles. The van der Waals surface area contributed by atoms with Crippen LogP contribution in [0.5, 0.6) is 0 Å². The topological polar surface area (TPSA) is 68.8 Å². The summed E-state index contributed by atoms with van der Waals surface area (Å²) in [6.45, 7) is 11.9. The minimum absolute atomic E-state index is 0.583. The maximum Gasteiger partial charge on any atom is 0.232 e. The second-order valence-corrected chi connectivity index (χ2v) is 9.01. The van der Waals surface area contributed by atoms with Gasteiger partial charge in [0.15, 0.2) is 5.11 Å². The lowest BCUT2D eigenvalue weighted by Gasteiger charge is -2.32. The molecule has 3 saturated heterocycles. The zero-order valence-electron chi connectivity index (χ0n) is 18.1. The molecule has 0 aliphatic carbocycles. The van der Waals surface area contributed by atoms with Crippen LogP contribution >= 0.6 is 12.2 Å². The Morgan fingerprint density at radius 1 is 1.03 bits per heavy atom. The van der Waals surface area contributed by atoms with Crippen LogP contribution in [0.15, 0.2) is 6.07 Å². The standard InChI is InChI=1S/C21H35N7OS/c1-17-4-9-28(10-5-17)19-16-18(27-7-2-3-8-27)23-20(24-19)25-21(30)22-6-11-26-12-14-29-15-13-26/h16-17H,2-15H2,1H3,(H2,22,23,24,25,30). The monoisotopic (exact) mass is 433 g/mol. The highest BCUT2D eigenvalue weighted by Gasteiger charge is 2.21. The van der Waals surface area contributed by atoms with E-state index in [1.807, 2.05) is 0 Å². The second-order valence-electron chi connectivity index (χ2n) is 8.61. The van der Waals surface area contributed by atoms with Crippen molar-refractivity contribution in [1.29, 1.82) is 0 Å². The predicted octanol–water partition coefficient (Wildman–Crippen LogP) is 1.93. The van der Waals surface area contributed by atoms with Crippen LogP contribution in [0.1, 0.15) is 32.6 Å². The van der Waals surface area contributed by atoms with E-state index in [-0.39, 0.29) is 0 Å². The molecule has 4 rings (SSSR count). The summed E-state index contributed by atoms with van der Waals surface area (Å²) in [6, 6.07) is 2.15.